The third kappa shape index (κ3) is 3.63. The van der Waals surface area contributed by atoms with E-state index in [-0.39, 0.29) is 11.9 Å². The number of hydrogen-bond donors (Lipinski definition) is 2. The van der Waals surface area contributed by atoms with Crippen molar-refractivity contribution in [1.82, 2.24) is 5.32 Å². The Morgan fingerprint density at radius 2 is 2.00 bits per heavy atom. The van der Waals surface area contributed by atoms with Gasteiger partial charge in [-0.2, -0.15) is 11.8 Å². The zero-order chi connectivity index (χ0) is 12.8. The fourth-order valence-electron chi connectivity index (χ4n) is 1.69. The molecule has 16 heavy (non-hydrogen) atoms. The molecule has 0 aromatic rings. The van der Waals surface area contributed by atoms with E-state index in [1.165, 1.54) is 0 Å². The number of hydrogen-bond acceptors (Lipinski definition) is 3. The minimum absolute atomic E-state index is 0.0356. The number of carbonyl (C=O) groups is 1. The van der Waals surface area contributed by atoms with Gasteiger partial charge in [0.1, 0.15) is 0 Å². The highest BCUT2D eigenvalue weighted by Crippen LogP contribution is 2.27. The van der Waals surface area contributed by atoms with Crippen LogP contribution in [0.5, 0.6) is 0 Å². The van der Waals surface area contributed by atoms with Crippen molar-refractivity contribution in [2.75, 3.05) is 12.0 Å². The van der Waals surface area contributed by atoms with Crippen LogP contribution < -0.4 is 11.1 Å². The van der Waals surface area contributed by atoms with E-state index >= 15 is 0 Å². The number of nitrogens with two attached hydrogens (primary N) is 1. The maximum atomic E-state index is 12.2. The van der Waals surface area contributed by atoms with Crippen LogP contribution in [-0.4, -0.2) is 28.9 Å². The lowest BCUT2D eigenvalue weighted by molar-refractivity contribution is -0.128. The number of rotatable bonds is 7. The summed E-state index contributed by atoms with van der Waals surface area (Å²) in [6.45, 7) is 5.88. The van der Waals surface area contributed by atoms with Crippen molar-refractivity contribution in [2.45, 2.75) is 39.7 Å². The number of thiocarbonyl (C=S) groups is 1. The predicted molar refractivity (Wildman–Crippen MR) is 75.8 cm³/mol. The third-order valence-electron chi connectivity index (χ3n) is 2.91. The second-order valence-electron chi connectivity index (χ2n) is 3.98. The van der Waals surface area contributed by atoms with E-state index in [0.717, 1.165) is 5.75 Å². The summed E-state index contributed by atoms with van der Waals surface area (Å²) in [7, 11) is 0. The highest BCUT2D eigenvalue weighted by molar-refractivity contribution is 7.98. The molecule has 0 aliphatic carbocycles. The van der Waals surface area contributed by atoms with E-state index in [4.69, 9.17) is 18.0 Å². The van der Waals surface area contributed by atoms with Crippen LogP contribution in [-0.2, 0) is 4.79 Å². The van der Waals surface area contributed by atoms with Crippen molar-refractivity contribution in [3.63, 3.8) is 0 Å². The quantitative estimate of drug-likeness (QED) is 0.689. The molecule has 1 atom stereocenters. The Morgan fingerprint density at radius 3 is 2.31 bits per heavy atom. The molecule has 0 saturated heterocycles. The summed E-state index contributed by atoms with van der Waals surface area (Å²) in [5, 5.41) is 2.98. The van der Waals surface area contributed by atoms with Crippen LogP contribution in [0.3, 0.4) is 0 Å². The molecule has 0 aromatic carbocycles. The first kappa shape index (κ1) is 15.7. The monoisotopic (exact) mass is 262 g/mol. The first-order valence-electron chi connectivity index (χ1n) is 5.54. The lowest BCUT2D eigenvalue weighted by atomic mass is 9.81. The fourth-order valence-corrected chi connectivity index (χ4v) is 2.65. The molecular formula is C11H22N2OS2. The SMILES string of the molecule is CCC(CC)(C(=O)NC(C)CSC)C(N)=S. The van der Waals surface area contributed by atoms with Gasteiger partial charge in [0.15, 0.2) is 0 Å². The van der Waals surface area contributed by atoms with Crippen molar-refractivity contribution in [2.24, 2.45) is 11.1 Å². The summed E-state index contributed by atoms with van der Waals surface area (Å²) in [5.41, 5.74) is 5.03. The Labute approximate surface area is 108 Å². The van der Waals surface area contributed by atoms with Crippen molar-refractivity contribution in [1.29, 1.82) is 0 Å². The van der Waals surface area contributed by atoms with E-state index in [0.29, 0.717) is 17.8 Å². The maximum Gasteiger partial charge on any atom is 0.233 e. The van der Waals surface area contributed by atoms with Gasteiger partial charge in [0, 0.05) is 11.8 Å². The smallest absolute Gasteiger partial charge is 0.233 e. The van der Waals surface area contributed by atoms with Crippen LogP contribution >= 0.6 is 24.0 Å². The van der Waals surface area contributed by atoms with E-state index in [1.54, 1.807) is 11.8 Å². The lowest BCUT2D eigenvalue weighted by Crippen LogP contribution is -2.51. The topological polar surface area (TPSA) is 55.1 Å². The van der Waals surface area contributed by atoms with Gasteiger partial charge in [0.25, 0.3) is 0 Å². The molecule has 0 saturated carbocycles. The minimum atomic E-state index is -0.679. The molecule has 0 rings (SSSR count). The van der Waals surface area contributed by atoms with Gasteiger partial charge in [0.05, 0.1) is 10.4 Å². The van der Waals surface area contributed by atoms with Crippen LogP contribution in [0.2, 0.25) is 0 Å². The number of carbonyl (C=O) groups excluding carboxylic acids is 1. The van der Waals surface area contributed by atoms with E-state index in [9.17, 15) is 4.79 Å². The molecule has 1 unspecified atom stereocenters. The molecule has 3 nitrogen and oxygen atoms in total. The molecule has 0 fully saturated rings. The average molecular weight is 262 g/mol. The van der Waals surface area contributed by atoms with Gasteiger partial charge in [-0.05, 0) is 26.0 Å². The summed E-state index contributed by atoms with van der Waals surface area (Å²) in [4.78, 5) is 12.5. The van der Waals surface area contributed by atoms with Crippen LogP contribution in [0, 0.1) is 5.41 Å². The lowest BCUT2D eigenvalue weighted by Gasteiger charge is -2.30. The second-order valence-corrected chi connectivity index (χ2v) is 5.33. The molecule has 94 valence electrons. The first-order valence-corrected chi connectivity index (χ1v) is 7.34. The summed E-state index contributed by atoms with van der Waals surface area (Å²) >= 11 is 6.74. The Kier molecular flexibility index (Phi) is 6.99. The molecular weight excluding hydrogens is 240 g/mol. The normalized spacial score (nSPS) is 13.2. The highest BCUT2D eigenvalue weighted by atomic mass is 32.2. The van der Waals surface area contributed by atoms with Crippen molar-refractivity contribution >= 4 is 34.9 Å². The molecule has 0 aliphatic rings. The average Bonchev–Trinajstić information content (AvgIpc) is 2.19. The summed E-state index contributed by atoms with van der Waals surface area (Å²) in [6.07, 6.45) is 3.32. The number of amides is 1. The van der Waals surface area contributed by atoms with Crippen molar-refractivity contribution in [3.05, 3.63) is 0 Å². The molecule has 0 spiro atoms. The maximum absolute atomic E-state index is 12.2. The molecule has 0 aliphatic heterocycles. The number of nitrogens with one attached hydrogen (secondary N) is 1. The number of thioether (sulfide) groups is 1. The summed E-state index contributed by atoms with van der Waals surface area (Å²) in [6, 6.07) is 0.148. The van der Waals surface area contributed by atoms with E-state index < -0.39 is 5.41 Å². The highest BCUT2D eigenvalue weighted by Gasteiger charge is 2.38. The zero-order valence-electron chi connectivity index (χ0n) is 10.5. The molecule has 5 heteroatoms. The van der Waals surface area contributed by atoms with Crippen LogP contribution in [0.4, 0.5) is 0 Å². The van der Waals surface area contributed by atoms with Crippen LogP contribution in [0.25, 0.3) is 0 Å². The van der Waals surface area contributed by atoms with Crippen LogP contribution in [0.15, 0.2) is 0 Å². The largest absolute Gasteiger partial charge is 0.392 e. The van der Waals surface area contributed by atoms with E-state index in [1.807, 2.05) is 27.0 Å². The molecule has 0 bridgehead atoms. The predicted octanol–water partition coefficient (Wildman–Crippen LogP) is 1.95. The first-order chi connectivity index (χ1) is 7.44. The standard InChI is InChI=1S/C11H22N2OS2/c1-5-11(6-2,9(12)15)10(14)13-8(3)7-16-4/h8H,5-7H2,1-4H3,(H2,12,15)(H,13,14). The second kappa shape index (κ2) is 7.12. The molecule has 0 radical (unpaired) electrons. The van der Waals surface area contributed by atoms with Gasteiger partial charge < -0.3 is 11.1 Å². The molecule has 3 N–H and O–H groups in total. The molecule has 1 amide bonds. The Morgan fingerprint density at radius 1 is 1.50 bits per heavy atom. The molecule has 0 aromatic heterocycles. The molecule has 0 heterocycles. The van der Waals surface area contributed by atoms with Gasteiger partial charge in [-0.25, -0.2) is 0 Å². The minimum Gasteiger partial charge on any atom is -0.392 e. The van der Waals surface area contributed by atoms with Gasteiger partial charge >= 0.3 is 0 Å². The third-order valence-corrected chi connectivity index (χ3v) is 4.13. The van der Waals surface area contributed by atoms with Crippen molar-refractivity contribution < 1.29 is 4.79 Å². The van der Waals surface area contributed by atoms with Gasteiger partial charge in [-0.3, -0.25) is 4.79 Å². The van der Waals surface area contributed by atoms with Gasteiger partial charge in [-0.1, -0.05) is 26.1 Å². The summed E-state index contributed by atoms with van der Waals surface area (Å²) in [5.74, 6) is 0.860. The van der Waals surface area contributed by atoms with E-state index in [2.05, 4.69) is 5.32 Å². The Balaban J connectivity index is 4.69. The van der Waals surface area contributed by atoms with Gasteiger partial charge in [-0.15, -0.1) is 0 Å². The van der Waals surface area contributed by atoms with Crippen LogP contribution in [0.1, 0.15) is 33.6 Å². The Hall–Kier alpha value is -0.290. The van der Waals surface area contributed by atoms with Gasteiger partial charge in [0.2, 0.25) is 5.91 Å². The van der Waals surface area contributed by atoms with Crippen molar-refractivity contribution in [3.8, 4) is 0 Å². The Bertz CT molecular complexity index is 252. The summed E-state index contributed by atoms with van der Waals surface area (Å²) < 4.78 is 0. The zero-order valence-corrected chi connectivity index (χ0v) is 12.1. The fraction of sp³-hybridized carbons (Fsp3) is 0.818.